The molecule has 14 heteroatoms. The van der Waals surface area contributed by atoms with E-state index in [9.17, 15) is 37.6 Å². The number of fused-ring (bicyclic) bond motifs is 6. The van der Waals surface area contributed by atoms with Crippen molar-refractivity contribution in [1.29, 1.82) is 5.26 Å². The molecule has 2 aliphatic carbocycles. The lowest BCUT2D eigenvalue weighted by Crippen LogP contribution is -2.60. The van der Waals surface area contributed by atoms with Crippen molar-refractivity contribution in [2.45, 2.75) is 77.3 Å². The largest absolute Gasteiger partial charge is 0.471 e. The molecule has 8 atom stereocenters. The molecule has 4 amide bonds. The van der Waals surface area contributed by atoms with E-state index in [1.54, 1.807) is 37.7 Å². The van der Waals surface area contributed by atoms with Crippen molar-refractivity contribution in [2.24, 2.45) is 35.0 Å². The Bertz CT molecular complexity index is 1280. The van der Waals surface area contributed by atoms with Gasteiger partial charge >= 0.3 is 12.1 Å². The molecule has 2 saturated carbocycles. The van der Waals surface area contributed by atoms with Crippen molar-refractivity contribution in [3.8, 4) is 6.07 Å². The number of alkyl halides is 3. The summed E-state index contributed by atoms with van der Waals surface area (Å²) >= 11 is 0. The number of nitrogens with zero attached hydrogens (tertiary/aromatic N) is 4. The molecule has 222 valence electrons. The minimum absolute atomic E-state index is 0.00952. The minimum Gasteiger partial charge on any atom is -0.339 e. The van der Waals surface area contributed by atoms with Crippen molar-refractivity contribution in [3.05, 3.63) is 12.3 Å². The first-order valence-corrected chi connectivity index (χ1v) is 13.9. The molecule has 3 fully saturated rings. The Kier molecular flexibility index (Phi) is 7.28. The van der Waals surface area contributed by atoms with Crippen molar-refractivity contribution < 1.29 is 32.3 Å². The summed E-state index contributed by atoms with van der Waals surface area (Å²) in [6.45, 7) is 5.08. The molecule has 0 unspecified atom stereocenters. The van der Waals surface area contributed by atoms with Gasteiger partial charge in [0.25, 0.3) is 0 Å². The molecule has 3 heterocycles. The quantitative estimate of drug-likeness (QED) is 0.470. The van der Waals surface area contributed by atoms with E-state index in [1.165, 1.54) is 4.90 Å². The van der Waals surface area contributed by atoms with Crippen LogP contribution in [0.4, 0.5) is 19.0 Å². The zero-order chi connectivity index (χ0) is 29.9. The first-order valence-electron chi connectivity index (χ1n) is 13.9. The predicted octanol–water partition coefficient (Wildman–Crippen LogP) is 1.82. The highest BCUT2D eigenvalue weighted by Gasteiger charge is 2.60. The number of aromatic nitrogens is 2. The van der Waals surface area contributed by atoms with Crippen LogP contribution in [0.15, 0.2) is 12.3 Å². The SMILES string of the molecule is CC(C)(C)[C@H](NC(=O)C(F)(F)F)C(=O)N1C[C@@H]2[C@@H]3CC[C@@H](C3)[C@@H]2[C@H]1C(=O)N[C@H](C#N)C[C@@H]1Cn2nccc2NC1=O. The third-order valence-electron chi connectivity index (χ3n) is 9.19. The monoisotopic (exact) mass is 577 g/mol. The second kappa shape index (κ2) is 10.3. The Labute approximate surface area is 235 Å². The molecule has 1 saturated heterocycles. The zero-order valence-corrected chi connectivity index (χ0v) is 23.1. The summed E-state index contributed by atoms with van der Waals surface area (Å²) in [5, 5.41) is 21.3. The fraction of sp³-hybridized carbons (Fsp3) is 0.704. The lowest BCUT2D eigenvalue weighted by molar-refractivity contribution is -0.176. The standard InChI is InChI=1S/C27H34F3N7O4/c1-26(2,3)21(35-25(41)27(28,29)30)24(40)36-12-17-13-4-5-14(8-13)19(17)20(36)23(39)33-16(10-31)9-15-11-37-18(6-7-32-37)34-22(15)38/h6-7,13-17,19-21H,4-5,8-9,11-12H2,1-3H3,(H,33,39)(H,34,38)(H,35,41)/t13-,14+,15-,16+,17-,19+,20+,21-/m1/s1. The maximum Gasteiger partial charge on any atom is 0.471 e. The van der Waals surface area contributed by atoms with E-state index < -0.39 is 53.4 Å². The highest BCUT2D eigenvalue weighted by molar-refractivity contribution is 5.95. The van der Waals surface area contributed by atoms with E-state index in [4.69, 9.17) is 0 Å². The molecule has 1 aromatic rings. The van der Waals surface area contributed by atoms with Gasteiger partial charge in [0.2, 0.25) is 17.7 Å². The van der Waals surface area contributed by atoms with Gasteiger partial charge in [0, 0.05) is 12.6 Å². The van der Waals surface area contributed by atoms with Crippen molar-refractivity contribution >= 4 is 29.4 Å². The summed E-state index contributed by atoms with van der Waals surface area (Å²) in [5.41, 5.74) is -1.08. The second-order valence-electron chi connectivity index (χ2n) is 12.8. The molecule has 2 bridgehead atoms. The molecule has 3 N–H and O–H groups in total. The number of amides is 4. The van der Waals surface area contributed by atoms with Gasteiger partial charge in [-0.3, -0.25) is 19.2 Å². The molecule has 2 aliphatic heterocycles. The second-order valence-corrected chi connectivity index (χ2v) is 12.8. The Morgan fingerprint density at radius 1 is 1.17 bits per heavy atom. The molecular formula is C27H34F3N7O4. The third kappa shape index (κ3) is 5.38. The van der Waals surface area contributed by atoms with E-state index >= 15 is 0 Å². The van der Waals surface area contributed by atoms with Crippen molar-refractivity contribution in [2.75, 3.05) is 11.9 Å². The number of anilines is 1. The Morgan fingerprint density at radius 3 is 2.54 bits per heavy atom. The number of nitriles is 1. The lowest BCUT2D eigenvalue weighted by atomic mass is 9.78. The number of carbonyl (C=O) groups excluding carboxylic acids is 4. The van der Waals surface area contributed by atoms with Crippen LogP contribution in [0.1, 0.15) is 46.5 Å². The fourth-order valence-corrected chi connectivity index (χ4v) is 7.31. The van der Waals surface area contributed by atoms with E-state index in [0.29, 0.717) is 11.7 Å². The number of hydrogen-bond donors (Lipinski definition) is 3. The van der Waals surface area contributed by atoms with Crippen LogP contribution in [0, 0.1) is 46.3 Å². The maximum atomic E-state index is 13.9. The smallest absolute Gasteiger partial charge is 0.339 e. The van der Waals surface area contributed by atoms with Crippen LogP contribution in [0.3, 0.4) is 0 Å². The van der Waals surface area contributed by atoms with Crippen LogP contribution in [0.25, 0.3) is 0 Å². The number of rotatable bonds is 6. The molecule has 11 nitrogen and oxygen atoms in total. The van der Waals surface area contributed by atoms with Gasteiger partial charge in [-0.1, -0.05) is 20.8 Å². The Hall–Kier alpha value is -3.63. The van der Waals surface area contributed by atoms with Crippen molar-refractivity contribution in [3.63, 3.8) is 0 Å². The van der Waals surface area contributed by atoms with Crippen LogP contribution in [-0.4, -0.2) is 69.2 Å². The lowest BCUT2D eigenvalue weighted by Gasteiger charge is -2.37. The molecule has 0 aromatic carbocycles. The van der Waals surface area contributed by atoms with E-state index in [1.807, 2.05) is 11.4 Å². The summed E-state index contributed by atoms with van der Waals surface area (Å²) in [6.07, 6.45) is -0.847. The first-order chi connectivity index (χ1) is 19.2. The van der Waals surface area contributed by atoms with Gasteiger partial charge in [0.05, 0.1) is 24.7 Å². The van der Waals surface area contributed by atoms with E-state index in [0.717, 1.165) is 19.3 Å². The van der Waals surface area contributed by atoms with Crippen LogP contribution < -0.4 is 16.0 Å². The number of carbonyl (C=O) groups is 4. The summed E-state index contributed by atoms with van der Waals surface area (Å²) in [6, 6.07) is 0.125. The first kappa shape index (κ1) is 28.9. The molecule has 41 heavy (non-hydrogen) atoms. The number of likely N-dealkylation sites (tertiary alicyclic amines) is 1. The van der Waals surface area contributed by atoms with E-state index in [-0.39, 0.29) is 43.2 Å². The Balaban J connectivity index is 1.37. The average Bonchev–Trinajstić information content (AvgIpc) is 3.66. The summed E-state index contributed by atoms with van der Waals surface area (Å²) < 4.78 is 41.0. The molecule has 0 spiro atoms. The Morgan fingerprint density at radius 2 is 1.88 bits per heavy atom. The van der Waals surface area contributed by atoms with Gasteiger partial charge in [-0.05, 0) is 54.8 Å². The summed E-state index contributed by atoms with van der Waals surface area (Å²) in [5.74, 6) is -3.64. The maximum absolute atomic E-state index is 13.9. The van der Waals surface area contributed by atoms with Gasteiger partial charge in [0.1, 0.15) is 23.9 Å². The summed E-state index contributed by atoms with van der Waals surface area (Å²) in [4.78, 5) is 53.5. The average molecular weight is 578 g/mol. The molecule has 5 rings (SSSR count). The molecular weight excluding hydrogens is 543 g/mol. The number of hydrogen-bond acceptors (Lipinski definition) is 6. The van der Waals surface area contributed by atoms with Crippen LogP contribution in [0.5, 0.6) is 0 Å². The van der Waals surface area contributed by atoms with Crippen LogP contribution in [-0.2, 0) is 25.7 Å². The predicted molar refractivity (Wildman–Crippen MR) is 137 cm³/mol. The minimum atomic E-state index is -5.18. The van der Waals surface area contributed by atoms with Crippen LogP contribution >= 0.6 is 0 Å². The third-order valence-corrected chi connectivity index (χ3v) is 9.19. The van der Waals surface area contributed by atoms with Crippen molar-refractivity contribution in [1.82, 2.24) is 25.3 Å². The van der Waals surface area contributed by atoms with Crippen LogP contribution in [0.2, 0.25) is 0 Å². The van der Waals surface area contributed by atoms with Gasteiger partial charge in [0.15, 0.2) is 0 Å². The zero-order valence-electron chi connectivity index (χ0n) is 23.1. The molecule has 0 radical (unpaired) electrons. The molecule has 1 aromatic heterocycles. The van der Waals surface area contributed by atoms with Gasteiger partial charge in [-0.25, -0.2) is 4.68 Å². The van der Waals surface area contributed by atoms with Gasteiger partial charge < -0.3 is 20.9 Å². The number of halogens is 3. The molecule has 4 aliphatic rings. The summed E-state index contributed by atoms with van der Waals surface area (Å²) in [7, 11) is 0. The topological polar surface area (TPSA) is 149 Å². The fourth-order valence-electron chi connectivity index (χ4n) is 7.31. The normalized spacial score (nSPS) is 30.1. The van der Waals surface area contributed by atoms with E-state index in [2.05, 4.69) is 15.7 Å². The highest BCUT2D eigenvalue weighted by atomic mass is 19.4. The highest BCUT2D eigenvalue weighted by Crippen LogP contribution is 2.57. The van der Waals surface area contributed by atoms with Gasteiger partial charge in [-0.2, -0.15) is 23.5 Å². The van der Waals surface area contributed by atoms with Gasteiger partial charge in [-0.15, -0.1) is 0 Å². The number of nitrogens with one attached hydrogen (secondary N) is 3.